The number of aromatic carboxylic acids is 1. The molecule has 1 heterocycles. The van der Waals surface area contributed by atoms with E-state index in [4.69, 9.17) is 10.2 Å². The Kier molecular flexibility index (Phi) is 5.50. The van der Waals surface area contributed by atoms with Crippen LogP contribution in [0.2, 0.25) is 0 Å². The van der Waals surface area contributed by atoms with E-state index in [9.17, 15) is 9.59 Å². The molecule has 1 aromatic heterocycles. The number of carbonyl (C=O) groups excluding carboxylic acids is 1. The van der Waals surface area contributed by atoms with E-state index < -0.39 is 11.9 Å². The number of aliphatic hydroxyl groups excluding tert-OH is 1. The standard InChI is InChI=1S/C12H18N2O5/c1-3-8(4-2)14(5-6-15)11(16)9-7-10(12(17)18)19-13-9/h7-8,15H,3-6H2,1-2H3,(H,17,18). The smallest absolute Gasteiger partial charge is 0.374 e. The number of carboxylic acid groups (broad SMARTS) is 1. The zero-order valence-electron chi connectivity index (χ0n) is 11.0. The molecule has 0 unspecified atom stereocenters. The number of nitrogens with zero attached hydrogens (tertiary/aromatic N) is 2. The Morgan fingerprint density at radius 3 is 2.47 bits per heavy atom. The van der Waals surface area contributed by atoms with Crippen molar-refractivity contribution in [2.45, 2.75) is 32.7 Å². The van der Waals surface area contributed by atoms with Gasteiger partial charge < -0.3 is 19.6 Å². The summed E-state index contributed by atoms with van der Waals surface area (Å²) in [5.74, 6) is -2.08. The molecule has 0 aromatic carbocycles. The van der Waals surface area contributed by atoms with Gasteiger partial charge in [-0.15, -0.1) is 0 Å². The lowest BCUT2D eigenvalue weighted by Crippen LogP contribution is -2.41. The average Bonchev–Trinajstić information content (AvgIpc) is 2.88. The Bertz CT molecular complexity index is 439. The minimum atomic E-state index is -1.28. The summed E-state index contributed by atoms with van der Waals surface area (Å²) >= 11 is 0. The molecule has 0 radical (unpaired) electrons. The first-order valence-electron chi connectivity index (χ1n) is 6.16. The van der Waals surface area contributed by atoms with Crippen LogP contribution in [0.5, 0.6) is 0 Å². The first-order chi connectivity index (χ1) is 9.04. The van der Waals surface area contributed by atoms with E-state index in [2.05, 4.69) is 9.68 Å². The molecule has 0 aliphatic rings. The van der Waals surface area contributed by atoms with E-state index in [-0.39, 0.29) is 30.6 Å². The first-order valence-corrected chi connectivity index (χ1v) is 6.16. The highest BCUT2D eigenvalue weighted by atomic mass is 16.5. The van der Waals surface area contributed by atoms with Crippen LogP contribution in [0, 0.1) is 0 Å². The fraction of sp³-hybridized carbons (Fsp3) is 0.583. The molecule has 0 saturated carbocycles. The molecule has 1 rings (SSSR count). The van der Waals surface area contributed by atoms with Crippen molar-refractivity contribution < 1.29 is 24.3 Å². The predicted octanol–water partition coefficient (Wildman–Crippen LogP) is 0.996. The highest BCUT2D eigenvalue weighted by molar-refractivity contribution is 5.95. The van der Waals surface area contributed by atoms with Crippen LogP contribution in [-0.4, -0.2) is 51.3 Å². The number of aliphatic hydroxyl groups is 1. The molecule has 0 aliphatic heterocycles. The second-order valence-electron chi connectivity index (χ2n) is 4.07. The molecule has 7 nitrogen and oxygen atoms in total. The van der Waals surface area contributed by atoms with Gasteiger partial charge in [0, 0.05) is 18.7 Å². The van der Waals surface area contributed by atoms with E-state index in [1.165, 1.54) is 4.90 Å². The summed E-state index contributed by atoms with van der Waals surface area (Å²) < 4.78 is 4.56. The van der Waals surface area contributed by atoms with E-state index in [1.807, 2.05) is 13.8 Å². The third-order valence-corrected chi connectivity index (χ3v) is 2.93. The van der Waals surface area contributed by atoms with Crippen molar-refractivity contribution in [3.63, 3.8) is 0 Å². The number of aromatic nitrogens is 1. The van der Waals surface area contributed by atoms with Gasteiger partial charge in [0.25, 0.3) is 5.91 Å². The maximum Gasteiger partial charge on any atom is 0.374 e. The maximum atomic E-state index is 12.2. The summed E-state index contributed by atoms with van der Waals surface area (Å²) in [6, 6.07) is 1.07. The number of amides is 1. The fourth-order valence-electron chi connectivity index (χ4n) is 1.91. The highest BCUT2D eigenvalue weighted by Crippen LogP contribution is 2.14. The topological polar surface area (TPSA) is 104 Å². The van der Waals surface area contributed by atoms with Gasteiger partial charge in [0.1, 0.15) is 0 Å². The monoisotopic (exact) mass is 270 g/mol. The van der Waals surface area contributed by atoms with Gasteiger partial charge >= 0.3 is 5.97 Å². The van der Waals surface area contributed by atoms with Gasteiger partial charge in [-0.25, -0.2) is 4.79 Å². The van der Waals surface area contributed by atoms with E-state index >= 15 is 0 Å². The van der Waals surface area contributed by atoms with Crippen LogP contribution in [0.4, 0.5) is 0 Å². The largest absolute Gasteiger partial charge is 0.475 e. The second kappa shape index (κ2) is 6.89. The molecule has 1 aromatic rings. The Morgan fingerprint density at radius 1 is 1.42 bits per heavy atom. The molecule has 7 heteroatoms. The van der Waals surface area contributed by atoms with Gasteiger partial charge in [-0.05, 0) is 12.8 Å². The number of rotatable bonds is 7. The number of carboxylic acids is 1. The van der Waals surface area contributed by atoms with Gasteiger partial charge in [-0.2, -0.15) is 0 Å². The van der Waals surface area contributed by atoms with Crippen molar-refractivity contribution in [3.05, 3.63) is 17.5 Å². The summed E-state index contributed by atoms with van der Waals surface area (Å²) in [6.45, 7) is 3.90. The molecule has 19 heavy (non-hydrogen) atoms. The zero-order chi connectivity index (χ0) is 14.4. The van der Waals surface area contributed by atoms with Crippen molar-refractivity contribution in [1.29, 1.82) is 0 Å². The van der Waals surface area contributed by atoms with Crippen LogP contribution in [0.25, 0.3) is 0 Å². The number of hydrogen-bond donors (Lipinski definition) is 2. The van der Waals surface area contributed by atoms with Gasteiger partial charge in [0.05, 0.1) is 6.61 Å². The summed E-state index contributed by atoms with van der Waals surface area (Å²) in [5, 5.41) is 21.2. The minimum Gasteiger partial charge on any atom is -0.475 e. The van der Waals surface area contributed by atoms with Crippen molar-refractivity contribution in [2.75, 3.05) is 13.2 Å². The number of carbonyl (C=O) groups is 2. The number of hydrogen-bond acceptors (Lipinski definition) is 5. The molecule has 0 bridgehead atoms. The molecular formula is C12H18N2O5. The molecule has 0 saturated heterocycles. The lowest BCUT2D eigenvalue weighted by Gasteiger charge is -2.29. The summed E-state index contributed by atoms with van der Waals surface area (Å²) in [4.78, 5) is 24.4. The third-order valence-electron chi connectivity index (χ3n) is 2.93. The van der Waals surface area contributed by atoms with Crippen molar-refractivity contribution >= 4 is 11.9 Å². The minimum absolute atomic E-state index is 0.0235. The Balaban J connectivity index is 2.94. The van der Waals surface area contributed by atoms with Crippen LogP contribution in [0.15, 0.2) is 10.6 Å². The Hall–Kier alpha value is -1.89. The van der Waals surface area contributed by atoms with Crippen molar-refractivity contribution in [1.82, 2.24) is 10.1 Å². The van der Waals surface area contributed by atoms with Gasteiger partial charge in [0.2, 0.25) is 5.76 Å². The molecule has 106 valence electrons. The van der Waals surface area contributed by atoms with E-state index in [0.29, 0.717) is 0 Å². The molecule has 0 atom stereocenters. The normalized spacial score (nSPS) is 10.7. The van der Waals surface area contributed by atoms with E-state index in [0.717, 1.165) is 18.9 Å². The molecule has 0 aliphatic carbocycles. The lowest BCUT2D eigenvalue weighted by molar-refractivity contribution is 0.0605. The molecule has 0 spiro atoms. The molecule has 2 N–H and O–H groups in total. The zero-order valence-corrected chi connectivity index (χ0v) is 11.0. The fourth-order valence-corrected chi connectivity index (χ4v) is 1.91. The summed E-state index contributed by atoms with van der Waals surface area (Å²) in [6.07, 6.45) is 1.48. The predicted molar refractivity (Wildman–Crippen MR) is 66.0 cm³/mol. The Labute approximate surface area is 110 Å². The average molecular weight is 270 g/mol. The quantitative estimate of drug-likeness (QED) is 0.765. The van der Waals surface area contributed by atoms with Gasteiger partial charge in [-0.1, -0.05) is 19.0 Å². The summed E-state index contributed by atoms with van der Waals surface area (Å²) in [5.41, 5.74) is -0.0576. The van der Waals surface area contributed by atoms with Gasteiger partial charge in [0.15, 0.2) is 5.69 Å². The molecule has 1 amide bonds. The van der Waals surface area contributed by atoms with Crippen molar-refractivity contribution in [2.24, 2.45) is 0 Å². The lowest BCUT2D eigenvalue weighted by atomic mass is 10.1. The van der Waals surface area contributed by atoms with E-state index in [1.54, 1.807) is 0 Å². The van der Waals surface area contributed by atoms with Crippen LogP contribution in [0.3, 0.4) is 0 Å². The summed E-state index contributed by atoms with van der Waals surface area (Å²) in [7, 11) is 0. The van der Waals surface area contributed by atoms with Crippen LogP contribution < -0.4 is 0 Å². The molecular weight excluding hydrogens is 252 g/mol. The highest BCUT2D eigenvalue weighted by Gasteiger charge is 2.25. The van der Waals surface area contributed by atoms with Crippen LogP contribution >= 0.6 is 0 Å². The van der Waals surface area contributed by atoms with Gasteiger partial charge in [-0.3, -0.25) is 4.79 Å². The molecule has 0 fully saturated rings. The SMILES string of the molecule is CCC(CC)N(CCO)C(=O)c1cc(C(=O)O)on1. The maximum absolute atomic E-state index is 12.2. The second-order valence-corrected chi connectivity index (χ2v) is 4.07. The van der Waals surface area contributed by atoms with Crippen LogP contribution in [-0.2, 0) is 0 Å². The first kappa shape index (κ1) is 15.2. The van der Waals surface area contributed by atoms with Crippen molar-refractivity contribution in [3.8, 4) is 0 Å². The third kappa shape index (κ3) is 3.54. The van der Waals surface area contributed by atoms with Crippen LogP contribution in [0.1, 0.15) is 47.7 Å². The Morgan fingerprint density at radius 2 is 2.05 bits per heavy atom.